The van der Waals surface area contributed by atoms with E-state index in [-0.39, 0.29) is 11.8 Å². The van der Waals surface area contributed by atoms with Crippen LogP contribution in [-0.2, 0) is 4.74 Å². The van der Waals surface area contributed by atoms with Crippen LogP contribution < -0.4 is 10.1 Å². The maximum Gasteiger partial charge on any atom is 0.339 e. The lowest BCUT2D eigenvalue weighted by Gasteiger charge is -2.08. The maximum atomic E-state index is 12.7. The zero-order valence-corrected chi connectivity index (χ0v) is 12.2. The van der Waals surface area contributed by atoms with E-state index in [4.69, 9.17) is 9.47 Å². The minimum atomic E-state index is -0.388. The Morgan fingerprint density at radius 1 is 1.23 bits per heavy atom. The Hall–Kier alpha value is -2.63. The predicted molar refractivity (Wildman–Crippen MR) is 80.6 cm³/mol. The first-order valence-corrected chi connectivity index (χ1v) is 6.94. The lowest BCUT2D eigenvalue weighted by Crippen LogP contribution is -2.12. The van der Waals surface area contributed by atoms with Crippen molar-refractivity contribution >= 4 is 11.8 Å². The molecule has 0 bridgehead atoms. The molecule has 6 heteroatoms. The Kier molecular flexibility index (Phi) is 5.71. The van der Waals surface area contributed by atoms with Gasteiger partial charge < -0.3 is 14.8 Å². The van der Waals surface area contributed by atoms with Crippen LogP contribution in [0.3, 0.4) is 0 Å². The van der Waals surface area contributed by atoms with Crippen molar-refractivity contribution in [2.75, 3.05) is 25.1 Å². The Bertz CT molecular complexity index is 600. The van der Waals surface area contributed by atoms with Crippen LogP contribution in [0.5, 0.6) is 5.75 Å². The highest BCUT2D eigenvalue weighted by Gasteiger charge is 2.06. The number of esters is 1. The van der Waals surface area contributed by atoms with E-state index in [9.17, 15) is 9.18 Å². The number of halogens is 1. The molecule has 0 radical (unpaired) electrons. The van der Waals surface area contributed by atoms with Gasteiger partial charge >= 0.3 is 5.97 Å². The molecule has 0 atom stereocenters. The molecular formula is C16H17FN2O3. The number of hydrogen-bond donors (Lipinski definition) is 1. The summed E-state index contributed by atoms with van der Waals surface area (Å²) >= 11 is 0. The molecule has 5 nitrogen and oxygen atoms in total. The molecule has 0 saturated heterocycles. The highest BCUT2D eigenvalue weighted by Crippen LogP contribution is 2.11. The van der Waals surface area contributed by atoms with E-state index in [0.717, 1.165) is 0 Å². The number of nitrogens with one attached hydrogen (secondary N) is 1. The Morgan fingerprint density at radius 3 is 2.64 bits per heavy atom. The van der Waals surface area contributed by atoms with E-state index in [0.29, 0.717) is 36.9 Å². The molecule has 2 rings (SSSR count). The highest BCUT2D eigenvalue weighted by atomic mass is 19.1. The van der Waals surface area contributed by atoms with Gasteiger partial charge in [-0.15, -0.1) is 0 Å². The summed E-state index contributed by atoms with van der Waals surface area (Å²) in [5.74, 6) is 0.558. The van der Waals surface area contributed by atoms with Crippen molar-refractivity contribution in [2.45, 2.75) is 6.92 Å². The van der Waals surface area contributed by atoms with Crippen molar-refractivity contribution in [3.63, 3.8) is 0 Å². The summed E-state index contributed by atoms with van der Waals surface area (Å²) in [5, 5.41) is 3.06. The van der Waals surface area contributed by atoms with E-state index in [1.54, 1.807) is 31.2 Å². The van der Waals surface area contributed by atoms with Crippen LogP contribution in [0.1, 0.15) is 17.3 Å². The molecule has 2 aromatic rings. The summed E-state index contributed by atoms with van der Waals surface area (Å²) in [6.45, 7) is 3.03. The summed E-state index contributed by atoms with van der Waals surface area (Å²) in [4.78, 5) is 15.6. The van der Waals surface area contributed by atoms with E-state index in [1.807, 2.05) is 0 Å². The van der Waals surface area contributed by atoms with Crippen molar-refractivity contribution in [2.24, 2.45) is 0 Å². The third-order valence-electron chi connectivity index (χ3n) is 2.77. The molecule has 22 heavy (non-hydrogen) atoms. The molecule has 0 aliphatic carbocycles. The molecule has 1 heterocycles. The molecule has 0 aliphatic heterocycles. The molecule has 1 N–H and O–H groups in total. The van der Waals surface area contributed by atoms with Gasteiger partial charge in [0.1, 0.15) is 24.0 Å². The van der Waals surface area contributed by atoms with Crippen LogP contribution in [0, 0.1) is 5.82 Å². The van der Waals surface area contributed by atoms with Crippen LogP contribution in [-0.4, -0.2) is 30.7 Å². The van der Waals surface area contributed by atoms with Gasteiger partial charge in [0.05, 0.1) is 18.7 Å². The topological polar surface area (TPSA) is 60.5 Å². The summed E-state index contributed by atoms with van der Waals surface area (Å²) in [6, 6.07) is 9.18. The third-order valence-corrected chi connectivity index (χ3v) is 2.77. The van der Waals surface area contributed by atoms with E-state index >= 15 is 0 Å². The number of aromatic nitrogens is 1. The van der Waals surface area contributed by atoms with Gasteiger partial charge in [-0.05, 0) is 43.3 Å². The highest BCUT2D eigenvalue weighted by molar-refractivity contribution is 5.89. The Labute approximate surface area is 128 Å². The standard InChI is InChI=1S/C16H17FN2O3/c1-2-21-16(20)12-3-8-15(19-11-12)18-9-10-22-14-6-4-13(17)5-7-14/h3-8,11H,2,9-10H2,1H3,(H,18,19). The quantitative estimate of drug-likeness (QED) is 0.629. The van der Waals surface area contributed by atoms with Crippen LogP contribution in [0.4, 0.5) is 10.2 Å². The van der Waals surface area contributed by atoms with Gasteiger partial charge in [-0.3, -0.25) is 0 Å². The van der Waals surface area contributed by atoms with Crippen molar-refractivity contribution in [3.05, 3.63) is 54.0 Å². The van der Waals surface area contributed by atoms with Gasteiger partial charge in [-0.2, -0.15) is 0 Å². The number of rotatable bonds is 7. The van der Waals surface area contributed by atoms with Crippen molar-refractivity contribution < 1.29 is 18.7 Å². The molecule has 0 fully saturated rings. The summed E-state index contributed by atoms with van der Waals surface area (Å²) in [7, 11) is 0. The lowest BCUT2D eigenvalue weighted by molar-refractivity contribution is 0.0526. The van der Waals surface area contributed by atoms with Crippen LogP contribution in [0.15, 0.2) is 42.6 Å². The lowest BCUT2D eigenvalue weighted by atomic mass is 10.3. The third kappa shape index (κ3) is 4.73. The van der Waals surface area contributed by atoms with Crippen LogP contribution in [0.2, 0.25) is 0 Å². The van der Waals surface area contributed by atoms with E-state index < -0.39 is 0 Å². The first-order chi connectivity index (χ1) is 10.7. The van der Waals surface area contributed by atoms with Crippen molar-refractivity contribution in [3.8, 4) is 5.75 Å². The molecule has 0 spiro atoms. The van der Waals surface area contributed by atoms with Gasteiger partial charge in [0.15, 0.2) is 0 Å². The number of pyridine rings is 1. The number of ether oxygens (including phenoxy) is 2. The summed E-state index contributed by atoms with van der Waals surface area (Å²) in [6.07, 6.45) is 1.46. The molecule has 0 saturated carbocycles. The fourth-order valence-corrected chi connectivity index (χ4v) is 1.71. The number of carbonyl (C=O) groups is 1. The van der Waals surface area contributed by atoms with Crippen LogP contribution >= 0.6 is 0 Å². The number of carbonyl (C=O) groups excluding carboxylic acids is 1. The molecule has 0 amide bonds. The molecule has 1 aromatic heterocycles. The van der Waals surface area contributed by atoms with E-state index in [1.165, 1.54) is 18.3 Å². The van der Waals surface area contributed by atoms with Crippen molar-refractivity contribution in [1.82, 2.24) is 4.98 Å². The van der Waals surface area contributed by atoms with Crippen LogP contribution in [0.25, 0.3) is 0 Å². The second kappa shape index (κ2) is 7.97. The minimum Gasteiger partial charge on any atom is -0.492 e. The fraction of sp³-hybridized carbons (Fsp3) is 0.250. The minimum absolute atomic E-state index is 0.295. The van der Waals surface area contributed by atoms with Gasteiger partial charge in [0, 0.05) is 6.20 Å². The summed E-state index contributed by atoms with van der Waals surface area (Å²) in [5.41, 5.74) is 0.412. The number of benzene rings is 1. The largest absolute Gasteiger partial charge is 0.492 e. The number of nitrogens with zero attached hydrogens (tertiary/aromatic N) is 1. The average molecular weight is 304 g/mol. The molecule has 116 valence electrons. The molecule has 0 aliphatic rings. The SMILES string of the molecule is CCOC(=O)c1ccc(NCCOc2ccc(F)cc2)nc1. The maximum absolute atomic E-state index is 12.7. The first-order valence-electron chi connectivity index (χ1n) is 6.94. The van der Waals surface area contributed by atoms with Gasteiger partial charge in [0.2, 0.25) is 0 Å². The Morgan fingerprint density at radius 2 is 2.00 bits per heavy atom. The monoisotopic (exact) mass is 304 g/mol. The van der Waals surface area contributed by atoms with Gasteiger partial charge in [0.25, 0.3) is 0 Å². The first kappa shape index (κ1) is 15.8. The normalized spacial score (nSPS) is 10.1. The second-order valence-electron chi connectivity index (χ2n) is 4.38. The zero-order valence-electron chi connectivity index (χ0n) is 12.2. The summed E-state index contributed by atoms with van der Waals surface area (Å²) < 4.78 is 23.0. The van der Waals surface area contributed by atoms with Gasteiger partial charge in [-0.25, -0.2) is 14.2 Å². The number of hydrogen-bond acceptors (Lipinski definition) is 5. The predicted octanol–water partition coefficient (Wildman–Crippen LogP) is 2.89. The average Bonchev–Trinajstić information content (AvgIpc) is 2.54. The van der Waals surface area contributed by atoms with Gasteiger partial charge in [-0.1, -0.05) is 0 Å². The molecule has 0 unspecified atom stereocenters. The van der Waals surface area contributed by atoms with E-state index in [2.05, 4.69) is 10.3 Å². The number of anilines is 1. The fourth-order valence-electron chi connectivity index (χ4n) is 1.71. The zero-order chi connectivity index (χ0) is 15.8. The smallest absolute Gasteiger partial charge is 0.339 e. The van der Waals surface area contributed by atoms with Crippen molar-refractivity contribution in [1.29, 1.82) is 0 Å². The Balaban J connectivity index is 1.75. The molecular weight excluding hydrogens is 287 g/mol. The molecule has 1 aromatic carbocycles. The second-order valence-corrected chi connectivity index (χ2v) is 4.38.